The summed E-state index contributed by atoms with van der Waals surface area (Å²) in [4.78, 5) is 0. The Balaban J connectivity index is 2.87. The van der Waals surface area contributed by atoms with Crippen LogP contribution < -0.4 is 0 Å². The van der Waals surface area contributed by atoms with Crippen molar-refractivity contribution in [2.24, 2.45) is 7.05 Å². The van der Waals surface area contributed by atoms with Crippen LogP contribution in [0.15, 0.2) is 30.3 Å². The number of nitrogens with zero attached hydrogens (tertiary/aromatic N) is 1. The molecule has 2 heteroatoms. The molecule has 1 aromatic carbocycles. The summed E-state index contributed by atoms with van der Waals surface area (Å²) in [5, 5.41) is 11.0. The summed E-state index contributed by atoms with van der Waals surface area (Å²) < 4.78 is 1.80. The van der Waals surface area contributed by atoms with Gasteiger partial charge in [0.2, 0.25) is 0 Å². The maximum Gasteiger partial charge on any atom is 0.199 e. The Morgan fingerprint density at radius 2 is 2.00 bits per heavy atom. The molecule has 0 radical (unpaired) electrons. The zero-order valence-corrected chi connectivity index (χ0v) is 8.36. The Morgan fingerprint density at radius 1 is 1.29 bits per heavy atom. The van der Waals surface area contributed by atoms with Crippen LogP contribution in [-0.2, 0) is 7.05 Å². The zero-order valence-electron chi connectivity index (χ0n) is 8.36. The molecule has 1 aromatic heterocycles. The topological polar surface area (TPSA) is 25.2 Å². The van der Waals surface area contributed by atoms with Crippen molar-refractivity contribution in [3.8, 4) is 5.88 Å². The molecule has 0 saturated heterocycles. The van der Waals surface area contributed by atoms with Crippen LogP contribution >= 0.6 is 0 Å². The van der Waals surface area contributed by atoms with Gasteiger partial charge in [0.15, 0.2) is 5.88 Å². The lowest BCUT2D eigenvalue weighted by Gasteiger charge is -1.95. The summed E-state index contributed by atoms with van der Waals surface area (Å²) >= 11 is 0. The molecule has 0 bridgehead atoms. The summed E-state index contributed by atoms with van der Waals surface area (Å²) in [5.74, 6) is 0.323. The van der Waals surface area contributed by atoms with E-state index in [2.05, 4.69) is 0 Å². The number of aromatic nitrogens is 1. The van der Waals surface area contributed by atoms with Crippen molar-refractivity contribution in [3.63, 3.8) is 0 Å². The fourth-order valence-electron chi connectivity index (χ4n) is 1.74. The van der Waals surface area contributed by atoms with E-state index in [0.717, 1.165) is 16.5 Å². The van der Waals surface area contributed by atoms with E-state index in [9.17, 15) is 5.11 Å². The van der Waals surface area contributed by atoms with E-state index >= 15 is 0 Å². The number of para-hydroxylation sites is 1. The van der Waals surface area contributed by atoms with Crippen molar-refractivity contribution in [1.29, 1.82) is 0 Å². The van der Waals surface area contributed by atoms with Gasteiger partial charge in [0.05, 0.1) is 5.52 Å². The second kappa shape index (κ2) is 3.22. The average Bonchev–Trinajstić information content (AvgIpc) is 2.45. The summed E-state index contributed by atoms with van der Waals surface area (Å²) in [5.41, 5.74) is 1.95. The highest BCUT2D eigenvalue weighted by Gasteiger charge is 2.10. The minimum Gasteiger partial charge on any atom is -0.494 e. The molecule has 0 amide bonds. The first kappa shape index (κ1) is 8.88. The van der Waals surface area contributed by atoms with Gasteiger partial charge < -0.3 is 9.67 Å². The molecule has 0 fully saturated rings. The van der Waals surface area contributed by atoms with Gasteiger partial charge in [-0.3, -0.25) is 0 Å². The van der Waals surface area contributed by atoms with E-state index in [1.807, 2.05) is 50.4 Å². The van der Waals surface area contributed by atoms with Crippen molar-refractivity contribution < 1.29 is 5.11 Å². The monoisotopic (exact) mass is 187 g/mol. The summed E-state index contributed by atoms with van der Waals surface area (Å²) in [7, 11) is 1.87. The molecule has 2 aromatic rings. The van der Waals surface area contributed by atoms with E-state index < -0.39 is 0 Å². The highest BCUT2D eigenvalue weighted by molar-refractivity contribution is 5.92. The van der Waals surface area contributed by atoms with Gasteiger partial charge in [-0.2, -0.15) is 0 Å². The van der Waals surface area contributed by atoms with Crippen LogP contribution in [0.1, 0.15) is 12.5 Å². The van der Waals surface area contributed by atoms with Gasteiger partial charge >= 0.3 is 0 Å². The van der Waals surface area contributed by atoms with E-state index in [-0.39, 0.29) is 0 Å². The molecule has 2 rings (SSSR count). The average molecular weight is 187 g/mol. The Bertz CT molecular complexity index is 494. The van der Waals surface area contributed by atoms with Crippen molar-refractivity contribution in [2.75, 3.05) is 0 Å². The van der Waals surface area contributed by atoms with Crippen LogP contribution in [0.5, 0.6) is 5.88 Å². The number of allylic oxidation sites excluding steroid dienone is 1. The van der Waals surface area contributed by atoms with Crippen molar-refractivity contribution in [2.45, 2.75) is 6.92 Å². The molecular weight excluding hydrogens is 174 g/mol. The van der Waals surface area contributed by atoms with Gasteiger partial charge in [0, 0.05) is 18.0 Å². The molecule has 2 nitrogen and oxygen atoms in total. The molecule has 72 valence electrons. The molecule has 0 aliphatic heterocycles. The highest BCUT2D eigenvalue weighted by atomic mass is 16.3. The third-order valence-electron chi connectivity index (χ3n) is 2.45. The maximum atomic E-state index is 9.86. The lowest BCUT2D eigenvalue weighted by molar-refractivity contribution is 0.434. The van der Waals surface area contributed by atoms with Crippen LogP contribution in [-0.4, -0.2) is 9.67 Å². The number of hydrogen-bond acceptors (Lipinski definition) is 1. The second-order valence-electron chi connectivity index (χ2n) is 3.31. The number of aromatic hydroxyl groups is 1. The van der Waals surface area contributed by atoms with E-state index in [1.165, 1.54) is 0 Å². The fourth-order valence-corrected chi connectivity index (χ4v) is 1.74. The lowest BCUT2D eigenvalue weighted by atomic mass is 10.1. The SMILES string of the molecule is CC=Cc1c(O)n(C)c2ccccc12. The zero-order chi connectivity index (χ0) is 10.1. The van der Waals surface area contributed by atoms with Gasteiger partial charge in [0.1, 0.15) is 0 Å². The molecule has 1 N–H and O–H groups in total. The first-order valence-corrected chi connectivity index (χ1v) is 4.64. The van der Waals surface area contributed by atoms with Crippen molar-refractivity contribution in [1.82, 2.24) is 4.57 Å². The molecule has 0 aliphatic rings. The smallest absolute Gasteiger partial charge is 0.199 e. The Hall–Kier alpha value is -1.70. The molecule has 0 saturated carbocycles. The Morgan fingerprint density at radius 3 is 2.71 bits per heavy atom. The van der Waals surface area contributed by atoms with E-state index in [4.69, 9.17) is 0 Å². The quantitative estimate of drug-likeness (QED) is 0.729. The molecular formula is C12H13NO. The summed E-state index contributed by atoms with van der Waals surface area (Å²) in [6, 6.07) is 7.97. The van der Waals surface area contributed by atoms with Gasteiger partial charge in [-0.15, -0.1) is 0 Å². The van der Waals surface area contributed by atoms with E-state index in [0.29, 0.717) is 5.88 Å². The minimum atomic E-state index is 0.323. The molecule has 14 heavy (non-hydrogen) atoms. The van der Waals surface area contributed by atoms with Crippen LogP contribution in [0, 0.1) is 0 Å². The van der Waals surface area contributed by atoms with Gasteiger partial charge in [-0.1, -0.05) is 30.4 Å². The van der Waals surface area contributed by atoms with Crippen molar-refractivity contribution >= 4 is 17.0 Å². The maximum absolute atomic E-state index is 9.86. The Kier molecular flexibility index (Phi) is 2.04. The molecule has 1 heterocycles. The lowest BCUT2D eigenvalue weighted by Crippen LogP contribution is -1.84. The van der Waals surface area contributed by atoms with Gasteiger partial charge in [-0.05, 0) is 13.0 Å². The van der Waals surface area contributed by atoms with Crippen LogP contribution in [0.25, 0.3) is 17.0 Å². The summed E-state index contributed by atoms with van der Waals surface area (Å²) in [6.45, 7) is 1.95. The molecule has 0 spiro atoms. The third kappa shape index (κ3) is 1.11. The fraction of sp³-hybridized carbons (Fsp3) is 0.167. The normalized spacial score (nSPS) is 11.6. The standard InChI is InChI=1S/C12H13NO/c1-3-6-10-9-7-4-5-8-11(9)13(2)12(10)14/h3-8,14H,1-2H3. The van der Waals surface area contributed by atoms with Crippen LogP contribution in [0.2, 0.25) is 0 Å². The first-order valence-electron chi connectivity index (χ1n) is 4.64. The number of benzene rings is 1. The second-order valence-corrected chi connectivity index (χ2v) is 3.31. The van der Waals surface area contributed by atoms with Gasteiger partial charge in [-0.25, -0.2) is 0 Å². The minimum absolute atomic E-state index is 0.323. The highest BCUT2D eigenvalue weighted by Crippen LogP contribution is 2.30. The number of fused-ring (bicyclic) bond motifs is 1. The first-order chi connectivity index (χ1) is 6.75. The van der Waals surface area contributed by atoms with Crippen LogP contribution in [0.4, 0.5) is 0 Å². The van der Waals surface area contributed by atoms with E-state index in [1.54, 1.807) is 4.57 Å². The molecule has 0 aliphatic carbocycles. The number of rotatable bonds is 1. The predicted molar refractivity (Wildman–Crippen MR) is 59.3 cm³/mol. The molecule has 0 atom stereocenters. The summed E-state index contributed by atoms with van der Waals surface area (Å²) in [6.07, 6.45) is 3.86. The largest absolute Gasteiger partial charge is 0.494 e. The van der Waals surface area contributed by atoms with Crippen molar-refractivity contribution in [3.05, 3.63) is 35.9 Å². The number of hydrogen-bond donors (Lipinski definition) is 1. The Labute approximate surface area is 83.1 Å². The van der Waals surface area contributed by atoms with Crippen LogP contribution in [0.3, 0.4) is 0 Å². The third-order valence-corrected chi connectivity index (χ3v) is 2.45. The number of aryl methyl sites for hydroxylation is 1. The molecule has 0 unspecified atom stereocenters. The predicted octanol–water partition coefficient (Wildman–Crippen LogP) is 2.92. The van der Waals surface area contributed by atoms with Gasteiger partial charge in [0.25, 0.3) is 0 Å².